The van der Waals surface area contributed by atoms with Crippen molar-refractivity contribution in [3.05, 3.63) is 41.6 Å². The fourth-order valence-electron chi connectivity index (χ4n) is 2.98. The van der Waals surface area contributed by atoms with Crippen molar-refractivity contribution in [2.45, 2.75) is 51.6 Å². The van der Waals surface area contributed by atoms with Crippen LogP contribution in [0.4, 0.5) is 5.82 Å². The lowest BCUT2D eigenvalue weighted by Crippen LogP contribution is -2.40. The van der Waals surface area contributed by atoms with Gasteiger partial charge in [-0.05, 0) is 18.6 Å². The van der Waals surface area contributed by atoms with Crippen LogP contribution in [0.15, 0.2) is 24.5 Å². The van der Waals surface area contributed by atoms with Gasteiger partial charge in [-0.15, -0.1) is 0 Å². The molecule has 3 heterocycles. The van der Waals surface area contributed by atoms with Crippen molar-refractivity contribution < 1.29 is 4.79 Å². The highest BCUT2D eigenvalue weighted by Crippen LogP contribution is 2.24. The molecule has 1 aliphatic heterocycles. The Balaban J connectivity index is 1.66. The van der Waals surface area contributed by atoms with Crippen molar-refractivity contribution in [3.8, 4) is 0 Å². The molecule has 0 saturated carbocycles. The average molecular weight is 341 g/mol. The zero-order valence-corrected chi connectivity index (χ0v) is 15.7. The first-order valence-corrected chi connectivity index (χ1v) is 8.75. The number of nitrogens with one attached hydrogen (secondary N) is 1. The van der Waals surface area contributed by atoms with Crippen LogP contribution >= 0.6 is 0 Å². The predicted octanol–water partition coefficient (Wildman–Crippen LogP) is 2.39. The zero-order chi connectivity index (χ0) is 18.2. The molecule has 1 N–H and O–H groups in total. The molecule has 6 heteroatoms. The minimum atomic E-state index is -0.0672. The molecule has 3 rings (SSSR count). The topological polar surface area (TPSA) is 63.1 Å². The number of aromatic nitrogens is 3. The van der Waals surface area contributed by atoms with Crippen LogP contribution in [0.5, 0.6) is 0 Å². The van der Waals surface area contributed by atoms with Gasteiger partial charge < -0.3 is 14.8 Å². The van der Waals surface area contributed by atoms with Gasteiger partial charge in [0.15, 0.2) is 0 Å². The summed E-state index contributed by atoms with van der Waals surface area (Å²) >= 11 is 0. The number of nitrogens with zero attached hydrogens (tertiary/aromatic N) is 4. The van der Waals surface area contributed by atoms with Gasteiger partial charge in [0.05, 0.1) is 11.3 Å². The van der Waals surface area contributed by atoms with Gasteiger partial charge in [-0.25, -0.2) is 9.97 Å². The zero-order valence-electron chi connectivity index (χ0n) is 15.7. The minimum absolute atomic E-state index is 0.0446. The molecule has 0 bridgehead atoms. The minimum Gasteiger partial charge on any atom is -0.363 e. The molecule has 1 amide bonds. The third-order valence-corrected chi connectivity index (χ3v) is 4.56. The molecule has 0 saturated heterocycles. The third-order valence-electron chi connectivity index (χ3n) is 4.56. The molecule has 134 valence electrons. The molecule has 2 aromatic rings. The Morgan fingerprint density at radius 3 is 2.68 bits per heavy atom. The van der Waals surface area contributed by atoms with Gasteiger partial charge in [0.25, 0.3) is 5.91 Å². The Kier molecular flexibility index (Phi) is 4.54. The summed E-state index contributed by atoms with van der Waals surface area (Å²) in [5.41, 5.74) is 1.75. The van der Waals surface area contributed by atoms with Gasteiger partial charge >= 0.3 is 0 Å². The molecule has 0 spiro atoms. The van der Waals surface area contributed by atoms with Crippen LogP contribution in [-0.2, 0) is 18.4 Å². The van der Waals surface area contributed by atoms with Crippen LogP contribution < -0.4 is 10.2 Å². The summed E-state index contributed by atoms with van der Waals surface area (Å²) in [6.07, 6.45) is 5.56. The molecule has 0 fully saturated rings. The maximum atomic E-state index is 12.5. The summed E-state index contributed by atoms with van der Waals surface area (Å²) in [4.78, 5) is 23.5. The van der Waals surface area contributed by atoms with Crippen LogP contribution in [-0.4, -0.2) is 40.6 Å². The van der Waals surface area contributed by atoms with E-state index in [1.807, 2.05) is 31.1 Å². The maximum absolute atomic E-state index is 12.5. The number of carbonyl (C=O) groups is 1. The standard InChI is InChI=1S/C19H27N5O/c1-19(2,3)15-12-24-11-14(7-9-17(24)22-15)21-18(25)13-6-8-16(20-10-13)23(4)5/h6,8,10,12,14H,7,9,11H2,1-5H3,(H,21,25). The Hall–Kier alpha value is -2.37. The summed E-state index contributed by atoms with van der Waals surface area (Å²) in [7, 11) is 3.86. The maximum Gasteiger partial charge on any atom is 0.253 e. The molecule has 0 radical (unpaired) electrons. The number of pyridine rings is 1. The molecule has 1 aliphatic rings. The highest BCUT2D eigenvalue weighted by molar-refractivity contribution is 5.94. The summed E-state index contributed by atoms with van der Waals surface area (Å²) in [5.74, 6) is 1.89. The van der Waals surface area contributed by atoms with Crippen molar-refractivity contribution in [2.75, 3.05) is 19.0 Å². The van der Waals surface area contributed by atoms with E-state index in [9.17, 15) is 4.79 Å². The van der Waals surface area contributed by atoms with Crippen molar-refractivity contribution in [3.63, 3.8) is 0 Å². The van der Waals surface area contributed by atoms with E-state index >= 15 is 0 Å². The van der Waals surface area contributed by atoms with Crippen LogP contribution in [0.25, 0.3) is 0 Å². The first-order chi connectivity index (χ1) is 11.7. The molecule has 25 heavy (non-hydrogen) atoms. The highest BCUT2D eigenvalue weighted by Gasteiger charge is 2.25. The predicted molar refractivity (Wildman–Crippen MR) is 99.1 cm³/mol. The monoisotopic (exact) mass is 341 g/mol. The number of aryl methyl sites for hydroxylation is 1. The number of hydrogen-bond acceptors (Lipinski definition) is 4. The van der Waals surface area contributed by atoms with E-state index in [1.165, 1.54) is 0 Å². The molecular weight excluding hydrogens is 314 g/mol. The van der Waals surface area contributed by atoms with Crippen molar-refractivity contribution >= 4 is 11.7 Å². The second-order valence-electron chi connectivity index (χ2n) is 7.95. The average Bonchev–Trinajstić information content (AvgIpc) is 2.98. The fraction of sp³-hybridized carbons (Fsp3) is 0.526. The van der Waals surface area contributed by atoms with Gasteiger partial charge in [-0.3, -0.25) is 4.79 Å². The van der Waals surface area contributed by atoms with Crippen molar-refractivity contribution in [2.24, 2.45) is 0 Å². The number of hydrogen-bond donors (Lipinski definition) is 1. The van der Waals surface area contributed by atoms with Crippen LogP contribution in [0.3, 0.4) is 0 Å². The Labute approximate surface area is 149 Å². The second-order valence-corrected chi connectivity index (χ2v) is 7.95. The number of rotatable bonds is 3. The van der Waals surface area contributed by atoms with Crippen LogP contribution in [0.2, 0.25) is 0 Å². The third kappa shape index (κ3) is 3.83. The lowest BCUT2D eigenvalue weighted by Gasteiger charge is -2.24. The van der Waals surface area contributed by atoms with E-state index in [1.54, 1.807) is 6.20 Å². The van der Waals surface area contributed by atoms with Gasteiger partial charge in [0, 0.05) is 50.9 Å². The molecule has 1 atom stereocenters. The van der Waals surface area contributed by atoms with E-state index in [0.717, 1.165) is 36.7 Å². The van der Waals surface area contributed by atoms with Gasteiger partial charge in [0.1, 0.15) is 11.6 Å². The lowest BCUT2D eigenvalue weighted by atomic mass is 9.93. The number of anilines is 1. The fourth-order valence-corrected chi connectivity index (χ4v) is 2.98. The van der Waals surface area contributed by atoms with E-state index in [4.69, 9.17) is 4.98 Å². The van der Waals surface area contributed by atoms with Crippen molar-refractivity contribution in [1.82, 2.24) is 19.9 Å². The smallest absolute Gasteiger partial charge is 0.253 e. The summed E-state index contributed by atoms with van der Waals surface area (Å²) in [6, 6.07) is 3.80. The Morgan fingerprint density at radius 1 is 1.32 bits per heavy atom. The summed E-state index contributed by atoms with van der Waals surface area (Å²) < 4.78 is 2.18. The largest absolute Gasteiger partial charge is 0.363 e. The van der Waals surface area contributed by atoms with Crippen LogP contribution in [0, 0.1) is 0 Å². The SMILES string of the molecule is CN(C)c1ccc(C(=O)NC2CCc3nc(C(C)(C)C)cn3C2)cn1. The quantitative estimate of drug-likeness (QED) is 0.931. The first-order valence-electron chi connectivity index (χ1n) is 8.75. The number of fused-ring (bicyclic) bond motifs is 1. The molecular formula is C19H27N5O. The Morgan fingerprint density at radius 2 is 2.08 bits per heavy atom. The van der Waals surface area contributed by atoms with E-state index in [0.29, 0.717) is 5.56 Å². The van der Waals surface area contributed by atoms with Gasteiger partial charge in [-0.1, -0.05) is 20.8 Å². The molecule has 0 aromatic carbocycles. The summed E-state index contributed by atoms with van der Waals surface area (Å²) in [5, 5.41) is 3.13. The molecule has 0 aliphatic carbocycles. The molecule has 6 nitrogen and oxygen atoms in total. The highest BCUT2D eigenvalue weighted by atomic mass is 16.1. The first kappa shape index (κ1) is 17.5. The van der Waals surface area contributed by atoms with E-state index in [-0.39, 0.29) is 17.4 Å². The number of amides is 1. The number of carbonyl (C=O) groups excluding carboxylic acids is 1. The van der Waals surface area contributed by atoms with Crippen molar-refractivity contribution in [1.29, 1.82) is 0 Å². The summed E-state index contributed by atoms with van der Waals surface area (Å²) in [6.45, 7) is 7.29. The molecule has 2 aromatic heterocycles. The van der Waals surface area contributed by atoms with Gasteiger partial charge in [-0.2, -0.15) is 0 Å². The second kappa shape index (κ2) is 6.50. The van der Waals surface area contributed by atoms with Gasteiger partial charge in [0.2, 0.25) is 0 Å². The Bertz CT molecular complexity index is 755. The van der Waals surface area contributed by atoms with Crippen LogP contribution in [0.1, 0.15) is 49.1 Å². The van der Waals surface area contributed by atoms with E-state index in [2.05, 4.69) is 41.8 Å². The number of imidazole rings is 1. The lowest BCUT2D eigenvalue weighted by molar-refractivity contribution is 0.0927. The normalized spacial score (nSPS) is 17.1. The molecule has 1 unspecified atom stereocenters. The van der Waals surface area contributed by atoms with E-state index < -0.39 is 0 Å².